The minimum Gasteiger partial charge on any atom is -0.338 e. The summed E-state index contributed by atoms with van der Waals surface area (Å²) < 4.78 is 11.8. The summed E-state index contributed by atoms with van der Waals surface area (Å²) in [6.07, 6.45) is 0.754. The van der Waals surface area contributed by atoms with Gasteiger partial charge in [0.05, 0.1) is 10.6 Å². The van der Waals surface area contributed by atoms with Gasteiger partial charge in [0.2, 0.25) is 0 Å². The summed E-state index contributed by atoms with van der Waals surface area (Å²) >= 11 is 11.9. The predicted octanol–water partition coefficient (Wildman–Crippen LogP) is 2.98. The number of rotatable bonds is 1. The van der Waals surface area contributed by atoms with Crippen molar-refractivity contribution in [2.45, 2.75) is 18.6 Å². The summed E-state index contributed by atoms with van der Waals surface area (Å²) in [6.45, 7) is 3.08. The monoisotopic (exact) mass is 319 g/mol. The highest BCUT2D eigenvalue weighted by atomic mass is 35.5. The Labute approximate surface area is 125 Å². The van der Waals surface area contributed by atoms with E-state index in [0.717, 1.165) is 6.42 Å². The first-order valence-electron chi connectivity index (χ1n) is 6.10. The van der Waals surface area contributed by atoms with Crippen LogP contribution in [-0.2, 0) is 10.8 Å². The van der Waals surface area contributed by atoms with Gasteiger partial charge in [-0.25, -0.2) is 0 Å². The topological polar surface area (TPSA) is 37.4 Å². The molecule has 0 N–H and O–H groups in total. The van der Waals surface area contributed by atoms with Crippen molar-refractivity contribution in [1.82, 2.24) is 4.90 Å². The van der Waals surface area contributed by atoms with E-state index in [1.54, 1.807) is 23.1 Å². The molecule has 0 bridgehead atoms. The van der Waals surface area contributed by atoms with Gasteiger partial charge >= 0.3 is 0 Å². The van der Waals surface area contributed by atoms with Crippen LogP contribution in [0.3, 0.4) is 0 Å². The first-order chi connectivity index (χ1) is 8.99. The van der Waals surface area contributed by atoms with Crippen molar-refractivity contribution >= 4 is 39.9 Å². The van der Waals surface area contributed by atoms with E-state index in [-0.39, 0.29) is 11.2 Å². The van der Waals surface area contributed by atoms with Crippen molar-refractivity contribution in [1.29, 1.82) is 0 Å². The first kappa shape index (κ1) is 14.8. The molecule has 1 aliphatic rings. The lowest BCUT2D eigenvalue weighted by molar-refractivity contribution is 0.0767. The van der Waals surface area contributed by atoms with Crippen molar-refractivity contribution in [2.24, 2.45) is 0 Å². The van der Waals surface area contributed by atoms with E-state index in [0.29, 0.717) is 34.5 Å². The van der Waals surface area contributed by atoms with Gasteiger partial charge in [-0.15, -0.1) is 0 Å². The second kappa shape index (κ2) is 6.25. The second-order valence-electron chi connectivity index (χ2n) is 4.60. The Balaban J connectivity index is 2.17. The van der Waals surface area contributed by atoms with Gasteiger partial charge in [-0.1, -0.05) is 30.1 Å². The molecule has 0 radical (unpaired) electrons. The fraction of sp³-hybridized carbons (Fsp3) is 0.462. The largest absolute Gasteiger partial charge is 0.338 e. The number of amides is 1. The van der Waals surface area contributed by atoms with Gasteiger partial charge in [0.1, 0.15) is 0 Å². The van der Waals surface area contributed by atoms with Crippen molar-refractivity contribution in [2.75, 3.05) is 18.8 Å². The number of nitrogens with zero attached hydrogens (tertiary/aromatic N) is 1. The number of halogens is 2. The molecule has 2 atom stereocenters. The number of hydrogen-bond acceptors (Lipinski definition) is 2. The summed E-state index contributed by atoms with van der Waals surface area (Å²) in [5.41, 5.74) is 0.450. The Kier molecular flexibility index (Phi) is 4.87. The lowest BCUT2D eigenvalue weighted by atomic mass is 10.2. The third-order valence-electron chi connectivity index (χ3n) is 3.27. The molecule has 0 aromatic heterocycles. The molecule has 2 rings (SSSR count). The summed E-state index contributed by atoms with van der Waals surface area (Å²) in [5, 5.41) is 1.00. The molecular formula is C13H15Cl2NO2S. The van der Waals surface area contributed by atoms with Crippen molar-refractivity contribution < 1.29 is 9.00 Å². The molecule has 1 amide bonds. The zero-order valence-electron chi connectivity index (χ0n) is 10.6. The van der Waals surface area contributed by atoms with Gasteiger partial charge in [-0.05, 0) is 24.6 Å². The summed E-state index contributed by atoms with van der Waals surface area (Å²) in [6, 6.07) is 4.85. The summed E-state index contributed by atoms with van der Waals surface area (Å²) in [7, 11) is -0.853. The number of benzene rings is 1. The van der Waals surface area contributed by atoms with Gasteiger partial charge in [0.15, 0.2) is 0 Å². The zero-order chi connectivity index (χ0) is 14.0. The quantitative estimate of drug-likeness (QED) is 0.798. The average Bonchev–Trinajstić information content (AvgIpc) is 2.52. The minimum absolute atomic E-state index is 0.118. The Morgan fingerprint density at radius 1 is 1.37 bits per heavy atom. The molecule has 104 valence electrons. The maximum absolute atomic E-state index is 12.4. The molecule has 3 nitrogen and oxygen atoms in total. The van der Waals surface area contributed by atoms with Crippen LogP contribution >= 0.6 is 23.2 Å². The van der Waals surface area contributed by atoms with Crippen LogP contribution in [0.1, 0.15) is 23.7 Å². The molecule has 0 aliphatic carbocycles. The highest BCUT2D eigenvalue weighted by Crippen LogP contribution is 2.23. The Hall–Kier alpha value is -0.580. The number of carbonyl (C=O) groups excluding carboxylic acids is 1. The normalized spacial score (nSPS) is 24.1. The maximum Gasteiger partial charge on any atom is 0.255 e. The molecule has 1 fully saturated rings. The highest BCUT2D eigenvalue weighted by Gasteiger charge is 2.24. The van der Waals surface area contributed by atoms with Crippen molar-refractivity contribution in [3.05, 3.63) is 33.8 Å². The number of hydrogen-bond donors (Lipinski definition) is 0. The molecule has 0 spiro atoms. The average molecular weight is 320 g/mol. The molecular weight excluding hydrogens is 305 g/mol. The van der Waals surface area contributed by atoms with E-state index in [1.165, 1.54) is 0 Å². The van der Waals surface area contributed by atoms with Crippen LogP contribution in [0, 0.1) is 0 Å². The van der Waals surface area contributed by atoms with Gasteiger partial charge < -0.3 is 4.90 Å². The Bertz CT molecular complexity index is 521. The lowest BCUT2D eigenvalue weighted by Gasteiger charge is -2.20. The van der Waals surface area contributed by atoms with E-state index in [9.17, 15) is 9.00 Å². The third kappa shape index (κ3) is 3.50. The zero-order valence-corrected chi connectivity index (χ0v) is 12.9. The van der Waals surface area contributed by atoms with Crippen LogP contribution < -0.4 is 0 Å². The van der Waals surface area contributed by atoms with Crippen LogP contribution in [0.25, 0.3) is 0 Å². The van der Waals surface area contributed by atoms with Crippen LogP contribution in [0.4, 0.5) is 0 Å². The standard InChI is InChI=1S/C13H15Cl2NO2S/c1-9-4-5-16(6-7-19(9)18)13(17)11-3-2-10(14)8-12(11)15/h2-3,8-9H,4-7H2,1H3/t9-,19-/m1/s1. The Morgan fingerprint density at radius 2 is 2.11 bits per heavy atom. The van der Waals surface area contributed by atoms with E-state index in [1.807, 2.05) is 6.92 Å². The molecule has 1 aliphatic heterocycles. The predicted molar refractivity (Wildman–Crippen MR) is 79.5 cm³/mol. The molecule has 0 unspecified atom stereocenters. The molecule has 1 aromatic rings. The van der Waals surface area contributed by atoms with Crippen molar-refractivity contribution in [3.63, 3.8) is 0 Å². The van der Waals surface area contributed by atoms with Crippen LogP contribution in [0.2, 0.25) is 10.0 Å². The summed E-state index contributed by atoms with van der Waals surface area (Å²) in [5.74, 6) is 0.408. The van der Waals surface area contributed by atoms with Crippen molar-refractivity contribution in [3.8, 4) is 0 Å². The van der Waals surface area contributed by atoms with Crippen LogP contribution in [-0.4, -0.2) is 39.1 Å². The fourth-order valence-electron chi connectivity index (χ4n) is 2.02. The molecule has 19 heavy (non-hydrogen) atoms. The maximum atomic E-state index is 12.4. The van der Waals surface area contributed by atoms with Gasteiger partial charge in [-0.3, -0.25) is 9.00 Å². The smallest absolute Gasteiger partial charge is 0.255 e. The van der Waals surface area contributed by atoms with Gasteiger partial charge in [0, 0.05) is 39.9 Å². The van der Waals surface area contributed by atoms with Gasteiger partial charge in [-0.2, -0.15) is 0 Å². The van der Waals surface area contributed by atoms with Crippen LogP contribution in [0.5, 0.6) is 0 Å². The molecule has 1 aromatic carbocycles. The van der Waals surface area contributed by atoms with E-state index < -0.39 is 10.8 Å². The molecule has 1 saturated heterocycles. The molecule has 0 saturated carbocycles. The molecule has 1 heterocycles. The minimum atomic E-state index is -0.853. The SMILES string of the molecule is C[C@@H]1CCN(C(=O)c2ccc(Cl)cc2Cl)CC[S@]1=O. The molecule has 6 heteroatoms. The van der Waals surface area contributed by atoms with E-state index in [2.05, 4.69) is 0 Å². The Morgan fingerprint density at radius 3 is 2.79 bits per heavy atom. The summed E-state index contributed by atoms with van der Waals surface area (Å²) in [4.78, 5) is 14.1. The highest BCUT2D eigenvalue weighted by molar-refractivity contribution is 7.85. The fourth-order valence-corrected chi connectivity index (χ4v) is 3.68. The number of carbonyl (C=O) groups is 1. The first-order valence-corrected chi connectivity index (χ1v) is 8.24. The van der Waals surface area contributed by atoms with E-state index >= 15 is 0 Å². The lowest BCUT2D eigenvalue weighted by Crippen LogP contribution is -2.33. The second-order valence-corrected chi connectivity index (χ2v) is 7.42. The van der Waals surface area contributed by atoms with E-state index in [4.69, 9.17) is 23.2 Å². The third-order valence-corrected chi connectivity index (χ3v) is 5.53. The van der Waals surface area contributed by atoms with Gasteiger partial charge in [0.25, 0.3) is 5.91 Å². The van der Waals surface area contributed by atoms with Crippen LogP contribution in [0.15, 0.2) is 18.2 Å².